The summed E-state index contributed by atoms with van der Waals surface area (Å²) >= 11 is 0. The van der Waals surface area contributed by atoms with Crippen molar-refractivity contribution in [2.75, 3.05) is 11.9 Å². The third-order valence-electron chi connectivity index (χ3n) is 5.14. The topological polar surface area (TPSA) is 49.3 Å². The molecule has 0 fully saturated rings. The zero-order valence-electron chi connectivity index (χ0n) is 15.6. The predicted molar refractivity (Wildman–Crippen MR) is 115 cm³/mol. The first-order valence-electron chi connectivity index (χ1n) is 9.28. The van der Waals surface area contributed by atoms with Crippen LogP contribution < -0.4 is 15.7 Å². The number of hydrogen-bond donors (Lipinski definition) is 2. The van der Waals surface area contributed by atoms with Gasteiger partial charge in [0, 0.05) is 12.2 Å². The monoisotopic (exact) mass is 375 g/mol. The number of rotatable bonds is 8. The van der Waals surface area contributed by atoms with Gasteiger partial charge >= 0.3 is 5.97 Å². The van der Waals surface area contributed by atoms with Crippen molar-refractivity contribution in [3.63, 3.8) is 0 Å². The van der Waals surface area contributed by atoms with E-state index < -0.39 is 14.0 Å². The summed E-state index contributed by atoms with van der Waals surface area (Å²) in [6, 6.07) is 29.8. The number of carboxylic acid groups (broad SMARTS) is 1. The largest absolute Gasteiger partial charge is 0.478 e. The van der Waals surface area contributed by atoms with Crippen molar-refractivity contribution in [1.82, 2.24) is 0 Å². The summed E-state index contributed by atoms with van der Waals surface area (Å²) in [7, 11) is -1.78. The highest BCUT2D eigenvalue weighted by Crippen LogP contribution is 2.15. The molecule has 27 heavy (non-hydrogen) atoms. The van der Waals surface area contributed by atoms with E-state index in [-0.39, 0.29) is 0 Å². The molecule has 0 spiro atoms. The molecule has 0 aromatic heterocycles. The van der Waals surface area contributed by atoms with Gasteiger partial charge in [-0.2, -0.15) is 0 Å². The maximum Gasteiger partial charge on any atom is 0.335 e. The Hall–Kier alpha value is -2.85. The van der Waals surface area contributed by atoms with E-state index in [9.17, 15) is 4.79 Å². The average molecular weight is 376 g/mol. The normalized spacial score (nSPS) is 11.1. The highest BCUT2D eigenvalue weighted by atomic mass is 28.3. The zero-order valence-corrected chi connectivity index (χ0v) is 16.6. The standard InChI is InChI=1S/C23H25NO2Si/c1-27(21-9-4-2-5-10-21,22-11-6-3-7-12-22)18-8-17-24-20-15-13-19(14-16-20)23(25)26/h2-7,9-16,24H,8,17-18H2,1H3,(H,25,26). The second kappa shape index (κ2) is 8.69. The molecule has 0 atom stereocenters. The van der Waals surface area contributed by atoms with Gasteiger partial charge in [-0.3, -0.25) is 0 Å². The molecule has 0 saturated heterocycles. The third kappa shape index (κ3) is 4.66. The molecule has 0 aliphatic rings. The molecule has 0 aliphatic heterocycles. The third-order valence-corrected chi connectivity index (χ3v) is 9.71. The van der Waals surface area contributed by atoms with E-state index in [2.05, 4.69) is 72.5 Å². The van der Waals surface area contributed by atoms with Gasteiger partial charge in [0.05, 0.1) is 5.56 Å². The molecule has 0 radical (unpaired) electrons. The molecule has 4 heteroatoms. The van der Waals surface area contributed by atoms with Gasteiger partial charge in [-0.05, 0) is 36.7 Å². The van der Waals surface area contributed by atoms with Crippen LogP contribution in [0.15, 0.2) is 84.9 Å². The Labute approximate surface area is 161 Å². The highest BCUT2D eigenvalue weighted by molar-refractivity contribution is 7.01. The number of anilines is 1. The molecular weight excluding hydrogens is 350 g/mol. The number of nitrogens with one attached hydrogen (secondary N) is 1. The van der Waals surface area contributed by atoms with Crippen molar-refractivity contribution >= 4 is 30.1 Å². The van der Waals surface area contributed by atoms with Crippen molar-refractivity contribution in [3.8, 4) is 0 Å². The predicted octanol–water partition coefficient (Wildman–Crippen LogP) is 4.08. The number of carboxylic acids is 1. The van der Waals surface area contributed by atoms with Gasteiger partial charge in [-0.25, -0.2) is 4.79 Å². The summed E-state index contributed by atoms with van der Waals surface area (Å²) in [6.07, 6.45) is 1.06. The van der Waals surface area contributed by atoms with E-state index in [4.69, 9.17) is 5.11 Å². The lowest BCUT2D eigenvalue weighted by Gasteiger charge is -2.29. The van der Waals surface area contributed by atoms with E-state index in [1.165, 1.54) is 10.4 Å². The SMILES string of the molecule is C[Si](CCCNc1ccc(C(=O)O)cc1)(c1ccccc1)c1ccccc1. The van der Waals surface area contributed by atoms with E-state index in [0.717, 1.165) is 24.7 Å². The summed E-state index contributed by atoms with van der Waals surface area (Å²) in [5, 5.41) is 15.3. The first-order valence-corrected chi connectivity index (χ1v) is 12.0. The Morgan fingerprint density at radius 3 is 1.85 bits per heavy atom. The molecule has 0 saturated carbocycles. The summed E-state index contributed by atoms with van der Waals surface area (Å²) < 4.78 is 0. The first-order chi connectivity index (χ1) is 13.1. The summed E-state index contributed by atoms with van der Waals surface area (Å²) in [4.78, 5) is 10.9. The van der Waals surface area contributed by atoms with Gasteiger partial charge in [-0.1, -0.05) is 77.6 Å². The molecule has 3 aromatic carbocycles. The van der Waals surface area contributed by atoms with Gasteiger partial charge in [0.1, 0.15) is 8.07 Å². The van der Waals surface area contributed by atoms with Gasteiger partial charge in [0.2, 0.25) is 0 Å². The molecule has 2 N–H and O–H groups in total. The summed E-state index contributed by atoms with van der Waals surface area (Å²) in [5.41, 5.74) is 1.27. The van der Waals surface area contributed by atoms with Crippen LogP contribution >= 0.6 is 0 Å². The number of aromatic carboxylic acids is 1. The molecule has 138 valence electrons. The van der Waals surface area contributed by atoms with Crippen molar-refractivity contribution in [2.45, 2.75) is 19.0 Å². The van der Waals surface area contributed by atoms with E-state index in [1.54, 1.807) is 12.1 Å². The Balaban J connectivity index is 1.66. The van der Waals surface area contributed by atoms with E-state index in [1.807, 2.05) is 12.1 Å². The number of carbonyl (C=O) groups is 1. The smallest absolute Gasteiger partial charge is 0.335 e. The van der Waals surface area contributed by atoms with Gasteiger partial charge in [0.25, 0.3) is 0 Å². The van der Waals surface area contributed by atoms with Crippen LogP contribution in [0.4, 0.5) is 5.69 Å². The van der Waals surface area contributed by atoms with Crippen LogP contribution in [0, 0.1) is 0 Å². The first kappa shape index (κ1) is 18.9. The number of hydrogen-bond acceptors (Lipinski definition) is 2. The minimum absolute atomic E-state index is 0.314. The quantitative estimate of drug-likeness (QED) is 0.461. The maximum absolute atomic E-state index is 10.9. The zero-order chi connectivity index (χ0) is 19.1. The molecule has 0 aliphatic carbocycles. The molecule has 0 amide bonds. The van der Waals surface area contributed by atoms with Crippen LogP contribution in [0.1, 0.15) is 16.8 Å². The average Bonchev–Trinajstić information content (AvgIpc) is 2.72. The fourth-order valence-corrected chi connectivity index (χ4v) is 7.12. The fourth-order valence-electron chi connectivity index (χ4n) is 3.47. The van der Waals surface area contributed by atoms with Gasteiger partial charge in [0.15, 0.2) is 0 Å². The van der Waals surface area contributed by atoms with Crippen LogP contribution in [-0.4, -0.2) is 25.7 Å². The highest BCUT2D eigenvalue weighted by Gasteiger charge is 2.30. The fraction of sp³-hybridized carbons (Fsp3) is 0.174. The van der Waals surface area contributed by atoms with Crippen LogP contribution in [0.3, 0.4) is 0 Å². The molecule has 3 aromatic rings. The summed E-state index contributed by atoms with van der Waals surface area (Å²) in [5.74, 6) is -0.894. The Bertz CT molecular complexity index is 824. The van der Waals surface area contributed by atoms with E-state index >= 15 is 0 Å². The van der Waals surface area contributed by atoms with E-state index in [0.29, 0.717) is 5.56 Å². The van der Waals surface area contributed by atoms with Crippen molar-refractivity contribution in [3.05, 3.63) is 90.5 Å². The van der Waals surface area contributed by atoms with Crippen molar-refractivity contribution in [1.29, 1.82) is 0 Å². The lowest BCUT2D eigenvalue weighted by molar-refractivity contribution is 0.0697. The molecule has 0 unspecified atom stereocenters. The van der Waals surface area contributed by atoms with Gasteiger partial charge in [-0.15, -0.1) is 0 Å². The van der Waals surface area contributed by atoms with Gasteiger partial charge < -0.3 is 10.4 Å². The van der Waals surface area contributed by atoms with Crippen molar-refractivity contribution in [2.24, 2.45) is 0 Å². The molecule has 0 heterocycles. The lowest BCUT2D eigenvalue weighted by atomic mass is 10.2. The van der Waals surface area contributed by atoms with Crippen LogP contribution in [-0.2, 0) is 0 Å². The minimum Gasteiger partial charge on any atom is -0.478 e. The van der Waals surface area contributed by atoms with Crippen LogP contribution in [0.5, 0.6) is 0 Å². The number of benzene rings is 3. The molecular formula is C23H25NO2Si. The van der Waals surface area contributed by atoms with Crippen LogP contribution in [0.2, 0.25) is 12.6 Å². The molecule has 0 bridgehead atoms. The second-order valence-electron chi connectivity index (χ2n) is 6.98. The Morgan fingerprint density at radius 1 is 0.852 bits per heavy atom. The summed E-state index contributed by atoms with van der Waals surface area (Å²) in [6.45, 7) is 3.31. The Morgan fingerprint density at radius 2 is 1.37 bits per heavy atom. The maximum atomic E-state index is 10.9. The Kier molecular flexibility index (Phi) is 6.09. The van der Waals surface area contributed by atoms with Crippen molar-refractivity contribution < 1.29 is 9.90 Å². The van der Waals surface area contributed by atoms with Crippen LogP contribution in [0.25, 0.3) is 0 Å². The molecule has 3 nitrogen and oxygen atoms in total. The minimum atomic E-state index is -1.78. The lowest BCUT2D eigenvalue weighted by Crippen LogP contribution is -2.55. The second-order valence-corrected chi connectivity index (χ2v) is 11.3. The molecule has 3 rings (SSSR count).